The van der Waals surface area contributed by atoms with E-state index in [0.717, 1.165) is 52.3 Å². The van der Waals surface area contributed by atoms with Crippen LogP contribution >= 0.6 is 23.2 Å². The first-order chi connectivity index (χ1) is 20.9. The normalized spacial score (nSPS) is 15.6. The van der Waals surface area contributed by atoms with Crippen LogP contribution in [0.25, 0.3) is 5.57 Å². The molecule has 2 aromatic carbocycles. The van der Waals surface area contributed by atoms with Gasteiger partial charge in [0.2, 0.25) is 0 Å². The van der Waals surface area contributed by atoms with Gasteiger partial charge in [0.25, 0.3) is 11.6 Å². The molecule has 0 saturated carbocycles. The maximum Gasteiger partial charge on any atom is 0.448 e. The maximum absolute atomic E-state index is 14.1. The Morgan fingerprint density at radius 3 is 1.33 bits per heavy atom. The quantitative estimate of drug-likeness (QED) is 0.130. The van der Waals surface area contributed by atoms with Gasteiger partial charge in [-0.2, -0.15) is 39.5 Å². The van der Waals surface area contributed by atoms with Crippen LogP contribution in [0.2, 0.25) is 10.0 Å². The van der Waals surface area contributed by atoms with Crippen LogP contribution in [-0.2, 0) is 21.0 Å². The van der Waals surface area contributed by atoms with Gasteiger partial charge in [0.15, 0.2) is 0 Å². The molecule has 0 heterocycles. The second kappa shape index (κ2) is 14.0. The number of rotatable bonds is 12. The van der Waals surface area contributed by atoms with Gasteiger partial charge in [-0.1, -0.05) is 43.1 Å². The van der Waals surface area contributed by atoms with Gasteiger partial charge in [-0.15, -0.1) is 0 Å². The predicted molar refractivity (Wildman–Crippen MR) is 151 cm³/mol. The Hall–Kier alpha value is -2.43. The highest BCUT2D eigenvalue weighted by molar-refractivity contribution is 6.33. The molecule has 0 bridgehead atoms. The molecule has 0 saturated heterocycles. The smallest absolute Gasteiger partial charge is 0.448 e. The van der Waals surface area contributed by atoms with Gasteiger partial charge >= 0.3 is 18.5 Å². The number of halogens is 11. The number of alkyl halides is 9. The number of unbranched alkanes of at least 4 members (excludes halogenated alkanes) is 1. The summed E-state index contributed by atoms with van der Waals surface area (Å²) in [5, 5.41) is 20.1. The summed E-state index contributed by atoms with van der Waals surface area (Å²) in [7, 11) is 3.00. The van der Waals surface area contributed by atoms with E-state index in [1.807, 2.05) is 0 Å². The van der Waals surface area contributed by atoms with E-state index in [-0.39, 0.29) is 29.5 Å². The lowest BCUT2D eigenvalue weighted by Gasteiger charge is -2.32. The molecule has 6 nitrogen and oxygen atoms in total. The monoisotopic (exact) mass is 716 g/mol. The van der Waals surface area contributed by atoms with Crippen LogP contribution in [0.4, 0.5) is 39.5 Å². The van der Waals surface area contributed by atoms with Gasteiger partial charge < -0.3 is 29.2 Å². The van der Waals surface area contributed by atoms with Crippen molar-refractivity contribution in [3.63, 3.8) is 0 Å². The Kier molecular flexibility index (Phi) is 12.1. The van der Waals surface area contributed by atoms with Gasteiger partial charge in [-0.25, -0.2) is 0 Å². The largest absolute Gasteiger partial charge is 0.495 e. The molecule has 0 aliphatic heterocycles. The van der Waals surface area contributed by atoms with Gasteiger partial charge in [0.1, 0.15) is 11.5 Å². The minimum Gasteiger partial charge on any atom is -0.495 e. The van der Waals surface area contributed by atoms with Gasteiger partial charge in [0.05, 0.1) is 40.8 Å². The first-order valence-electron chi connectivity index (χ1n) is 13.1. The van der Waals surface area contributed by atoms with Crippen LogP contribution in [0.3, 0.4) is 0 Å². The van der Waals surface area contributed by atoms with E-state index in [1.165, 1.54) is 6.08 Å². The van der Waals surface area contributed by atoms with Crippen molar-refractivity contribution in [2.45, 2.75) is 63.2 Å². The lowest BCUT2D eigenvalue weighted by atomic mass is 9.85. The molecule has 2 aromatic rings. The third-order valence-electron chi connectivity index (χ3n) is 7.33. The molecule has 0 aliphatic rings. The number of allylic oxidation sites excluding steroid dienone is 1. The van der Waals surface area contributed by atoms with Gasteiger partial charge in [0, 0.05) is 14.2 Å². The molecule has 17 heteroatoms. The Bertz CT molecular complexity index is 1340. The molecule has 46 heavy (non-hydrogen) atoms. The minimum absolute atomic E-state index is 0.140. The molecule has 2 rings (SSSR count). The molecular weight excluding hydrogens is 686 g/mol. The fraction of sp³-hybridized carbons (Fsp3) is 0.517. The molecule has 2 N–H and O–H groups in total. The summed E-state index contributed by atoms with van der Waals surface area (Å²) in [6.07, 6.45) is -15.0. The lowest BCUT2D eigenvalue weighted by molar-refractivity contribution is -0.368. The molecule has 0 amide bonds. The van der Waals surface area contributed by atoms with Crippen LogP contribution in [0, 0.1) is 5.41 Å². The van der Waals surface area contributed by atoms with Crippen molar-refractivity contribution in [2.75, 3.05) is 28.4 Å². The average Bonchev–Trinajstić information content (AvgIpc) is 2.93. The molecule has 260 valence electrons. The summed E-state index contributed by atoms with van der Waals surface area (Å²) in [5.41, 5.74) is -5.01. The van der Waals surface area contributed by atoms with E-state index in [1.54, 1.807) is 0 Å². The first-order valence-corrected chi connectivity index (χ1v) is 13.8. The number of hydrogen-bond acceptors (Lipinski definition) is 6. The molecule has 0 spiro atoms. The van der Waals surface area contributed by atoms with Crippen LogP contribution < -0.4 is 9.47 Å². The van der Waals surface area contributed by atoms with Crippen molar-refractivity contribution >= 4 is 28.8 Å². The summed E-state index contributed by atoms with van der Waals surface area (Å²) in [6.45, 7) is 1.93. The van der Waals surface area contributed by atoms with Crippen LogP contribution in [0.15, 0.2) is 30.3 Å². The van der Waals surface area contributed by atoms with Crippen LogP contribution in [-0.4, -0.2) is 57.2 Å². The molecule has 0 radical (unpaired) electrons. The fourth-order valence-electron chi connectivity index (χ4n) is 4.51. The third kappa shape index (κ3) is 7.65. The molecule has 0 fully saturated rings. The van der Waals surface area contributed by atoms with Crippen molar-refractivity contribution < 1.29 is 68.7 Å². The zero-order valence-corrected chi connectivity index (χ0v) is 26.7. The van der Waals surface area contributed by atoms with Crippen molar-refractivity contribution in [1.29, 1.82) is 0 Å². The summed E-state index contributed by atoms with van der Waals surface area (Å²) in [6, 6.07) is 3.56. The van der Waals surface area contributed by atoms with E-state index in [9.17, 15) is 49.7 Å². The second-order valence-corrected chi connectivity index (χ2v) is 11.5. The van der Waals surface area contributed by atoms with Crippen molar-refractivity contribution in [1.82, 2.24) is 0 Å². The van der Waals surface area contributed by atoms with Crippen LogP contribution in [0.5, 0.6) is 11.5 Å². The number of aliphatic hydroxyl groups is 2. The van der Waals surface area contributed by atoms with Gasteiger partial charge in [-0.3, -0.25) is 0 Å². The topological polar surface area (TPSA) is 77.4 Å². The Morgan fingerprint density at radius 1 is 0.674 bits per heavy atom. The van der Waals surface area contributed by atoms with E-state index in [0.29, 0.717) is 14.2 Å². The van der Waals surface area contributed by atoms with Crippen LogP contribution in [0.1, 0.15) is 55.4 Å². The van der Waals surface area contributed by atoms with E-state index >= 15 is 0 Å². The number of methoxy groups -OCH3 is 4. The standard InChI is InChI=1S/C29H31Cl2F9O6/c1-24(2,27(32,33)34)10-8-7-9-17(15-11-18(22(43-3)20(30)13-15)25(41,45-5)28(35,36)37)16-12-19(23(44-4)21(31)14-16)26(42,46-6)29(38,39)40/h9,11-14,41-42H,7-8,10H2,1-6H3. The highest BCUT2D eigenvalue weighted by atomic mass is 35.5. The van der Waals surface area contributed by atoms with E-state index in [4.69, 9.17) is 32.7 Å². The van der Waals surface area contributed by atoms with Crippen molar-refractivity contribution in [2.24, 2.45) is 5.41 Å². The molecule has 0 aromatic heterocycles. The Balaban J connectivity index is 2.99. The zero-order valence-electron chi connectivity index (χ0n) is 25.2. The van der Waals surface area contributed by atoms with Crippen molar-refractivity contribution in [3.05, 3.63) is 62.6 Å². The average molecular weight is 717 g/mol. The zero-order chi connectivity index (χ0) is 35.7. The number of hydrogen-bond donors (Lipinski definition) is 2. The summed E-state index contributed by atoms with van der Waals surface area (Å²) >= 11 is 12.5. The molecule has 0 aliphatic carbocycles. The summed E-state index contributed by atoms with van der Waals surface area (Å²) in [5.74, 6) is -9.35. The molecule has 2 unspecified atom stereocenters. The van der Waals surface area contributed by atoms with Crippen molar-refractivity contribution in [3.8, 4) is 11.5 Å². The second-order valence-electron chi connectivity index (χ2n) is 10.7. The number of benzene rings is 2. The lowest BCUT2D eigenvalue weighted by Crippen LogP contribution is -2.44. The maximum atomic E-state index is 14.1. The fourth-order valence-corrected chi connectivity index (χ4v) is 5.10. The Labute approximate surface area is 268 Å². The Morgan fingerprint density at radius 2 is 1.04 bits per heavy atom. The van der Waals surface area contributed by atoms with E-state index < -0.39 is 74.6 Å². The third-order valence-corrected chi connectivity index (χ3v) is 7.89. The summed E-state index contributed by atoms with van der Waals surface area (Å²) < 4.78 is 143. The van der Waals surface area contributed by atoms with Gasteiger partial charge in [-0.05, 0) is 60.2 Å². The minimum atomic E-state index is -5.47. The highest BCUT2D eigenvalue weighted by Crippen LogP contribution is 2.50. The predicted octanol–water partition coefficient (Wildman–Crippen LogP) is 8.91. The molecular formula is C29H31Cl2F9O6. The SMILES string of the molecule is COc1c(Cl)cc(C(=CCCCC(C)(C)C(F)(F)F)c2cc(Cl)c(OC)c(C(O)(OC)C(F)(F)F)c2)cc1C(O)(OC)C(F)(F)F. The summed E-state index contributed by atoms with van der Waals surface area (Å²) in [4.78, 5) is 0. The molecule has 2 atom stereocenters. The van der Waals surface area contributed by atoms with E-state index in [2.05, 4.69) is 9.47 Å². The number of ether oxygens (including phenoxy) is 4. The first kappa shape index (κ1) is 39.7. The highest BCUT2D eigenvalue weighted by Gasteiger charge is 2.59.